The summed E-state index contributed by atoms with van der Waals surface area (Å²) in [6.07, 6.45) is -1.02. The molecule has 0 saturated carbocycles. The van der Waals surface area contributed by atoms with Crippen LogP contribution in [0.5, 0.6) is 11.5 Å². The van der Waals surface area contributed by atoms with Gasteiger partial charge in [0.25, 0.3) is 5.91 Å². The lowest BCUT2D eigenvalue weighted by Crippen LogP contribution is -2.30. The van der Waals surface area contributed by atoms with Gasteiger partial charge in [0, 0.05) is 0 Å². The fourth-order valence-electron chi connectivity index (χ4n) is 1.99. The molecule has 2 N–H and O–H groups in total. The number of halogens is 1. The largest absolute Gasteiger partial charge is 0.493 e. The van der Waals surface area contributed by atoms with E-state index in [1.54, 1.807) is 6.07 Å². The number of hydrogen-bond donors (Lipinski definition) is 1. The molecule has 6 nitrogen and oxygen atoms in total. The first-order valence-corrected chi connectivity index (χ1v) is 8.26. The monoisotopic (exact) mass is 407 g/mol. The Hall–Kier alpha value is -2.54. The van der Waals surface area contributed by atoms with E-state index in [1.807, 2.05) is 30.3 Å². The highest BCUT2D eigenvalue weighted by atomic mass is 79.9. The molecule has 0 bridgehead atoms. The fraction of sp³-hybridized carbons (Fsp3) is 0.222. The minimum atomic E-state index is -1.02. The highest BCUT2D eigenvalue weighted by Gasteiger charge is 2.20. The summed E-state index contributed by atoms with van der Waals surface area (Å²) in [7, 11) is 1.47. The van der Waals surface area contributed by atoms with E-state index in [0.29, 0.717) is 22.6 Å². The van der Waals surface area contributed by atoms with Gasteiger partial charge in [-0.3, -0.25) is 4.79 Å². The first-order chi connectivity index (χ1) is 11.9. The second kappa shape index (κ2) is 8.53. The molecular weight excluding hydrogens is 390 g/mol. The van der Waals surface area contributed by atoms with E-state index in [0.717, 1.165) is 5.56 Å². The van der Waals surface area contributed by atoms with Gasteiger partial charge in [-0.15, -0.1) is 0 Å². The van der Waals surface area contributed by atoms with Crippen LogP contribution in [0.2, 0.25) is 0 Å². The topological polar surface area (TPSA) is 87.9 Å². The van der Waals surface area contributed by atoms with Crippen molar-refractivity contribution in [3.8, 4) is 11.5 Å². The lowest BCUT2D eigenvalue weighted by atomic mass is 10.2. The van der Waals surface area contributed by atoms with Crippen molar-refractivity contribution in [1.29, 1.82) is 0 Å². The lowest BCUT2D eigenvalue weighted by molar-refractivity contribution is -0.125. The van der Waals surface area contributed by atoms with Gasteiger partial charge in [-0.2, -0.15) is 0 Å². The Bertz CT molecular complexity index is 764. The summed E-state index contributed by atoms with van der Waals surface area (Å²) in [6.45, 7) is 1.75. The van der Waals surface area contributed by atoms with Crippen molar-refractivity contribution in [3.63, 3.8) is 0 Å². The van der Waals surface area contributed by atoms with Gasteiger partial charge < -0.3 is 19.9 Å². The lowest BCUT2D eigenvalue weighted by Gasteiger charge is -2.15. The van der Waals surface area contributed by atoms with Gasteiger partial charge in [-0.05, 0) is 40.5 Å². The number of nitrogens with two attached hydrogens (primary N) is 1. The Kier molecular flexibility index (Phi) is 6.41. The van der Waals surface area contributed by atoms with Crippen LogP contribution in [0.3, 0.4) is 0 Å². The molecule has 0 aliphatic carbocycles. The zero-order chi connectivity index (χ0) is 18.4. The van der Waals surface area contributed by atoms with Gasteiger partial charge in [0.2, 0.25) is 0 Å². The summed E-state index contributed by atoms with van der Waals surface area (Å²) >= 11 is 3.37. The SMILES string of the molecule is COc1cc(C(=O)O[C@H](C)C(N)=O)cc(Br)c1OCc1ccccc1. The van der Waals surface area contributed by atoms with Crippen molar-refractivity contribution in [2.24, 2.45) is 5.73 Å². The van der Waals surface area contributed by atoms with Crippen molar-refractivity contribution >= 4 is 27.8 Å². The fourth-order valence-corrected chi connectivity index (χ4v) is 2.55. The van der Waals surface area contributed by atoms with Crippen LogP contribution < -0.4 is 15.2 Å². The smallest absolute Gasteiger partial charge is 0.339 e. The van der Waals surface area contributed by atoms with E-state index in [1.165, 1.54) is 20.1 Å². The number of primary amides is 1. The third kappa shape index (κ3) is 4.96. The van der Waals surface area contributed by atoms with Crippen molar-refractivity contribution in [2.75, 3.05) is 7.11 Å². The average molecular weight is 408 g/mol. The van der Waals surface area contributed by atoms with Gasteiger partial charge in [0.05, 0.1) is 17.1 Å². The third-order valence-corrected chi connectivity index (χ3v) is 3.96. The van der Waals surface area contributed by atoms with Crippen LogP contribution in [0.4, 0.5) is 0 Å². The molecule has 0 aromatic heterocycles. The molecule has 0 aliphatic rings. The number of hydrogen-bond acceptors (Lipinski definition) is 5. The summed E-state index contributed by atoms with van der Waals surface area (Å²) in [6, 6.07) is 12.7. The Morgan fingerprint density at radius 3 is 2.48 bits per heavy atom. The van der Waals surface area contributed by atoms with E-state index < -0.39 is 18.0 Å². The van der Waals surface area contributed by atoms with E-state index in [2.05, 4.69) is 15.9 Å². The summed E-state index contributed by atoms with van der Waals surface area (Å²) in [5.74, 6) is -0.572. The molecule has 25 heavy (non-hydrogen) atoms. The molecule has 0 fully saturated rings. The highest BCUT2D eigenvalue weighted by molar-refractivity contribution is 9.10. The molecule has 0 aliphatic heterocycles. The summed E-state index contributed by atoms with van der Waals surface area (Å²) < 4.78 is 16.6. The molecule has 0 spiro atoms. The maximum atomic E-state index is 12.1. The molecule has 0 radical (unpaired) electrons. The van der Waals surface area contributed by atoms with Crippen LogP contribution in [0.15, 0.2) is 46.9 Å². The van der Waals surface area contributed by atoms with E-state index in [9.17, 15) is 9.59 Å². The zero-order valence-electron chi connectivity index (χ0n) is 13.8. The van der Waals surface area contributed by atoms with Gasteiger partial charge in [-0.1, -0.05) is 30.3 Å². The molecule has 1 atom stereocenters. The molecule has 132 valence electrons. The number of rotatable bonds is 7. The normalized spacial score (nSPS) is 11.5. The van der Waals surface area contributed by atoms with Crippen LogP contribution in [-0.4, -0.2) is 25.1 Å². The number of methoxy groups -OCH3 is 1. The minimum Gasteiger partial charge on any atom is -0.493 e. The van der Waals surface area contributed by atoms with E-state index in [-0.39, 0.29) is 5.56 Å². The maximum absolute atomic E-state index is 12.1. The Balaban J connectivity index is 2.19. The van der Waals surface area contributed by atoms with Crippen LogP contribution in [-0.2, 0) is 16.1 Å². The first-order valence-electron chi connectivity index (χ1n) is 7.47. The number of benzene rings is 2. The summed E-state index contributed by atoms with van der Waals surface area (Å²) in [4.78, 5) is 23.1. The van der Waals surface area contributed by atoms with Gasteiger partial charge >= 0.3 is 5.97 Å². The highest BCUT2D eigenvalue weighted by Crippen LogP contribution is 2.37. The molecular formula is C18H18BrNO5. The number of ether oxygens (including phenoxy) is 3. The van der Waals surface area contributed by atoms with Crippen molar-refractivity contribution in [2.45, 2.75) is 19.6 Å². The molecule has 2 aromatic rings. The Morgan fingerprint density at radius 2 is 1.88 bits per heavy atom. The Morgan fingerprint density at radius 1 is 1.20 bits per heavy atom. The molecule has 0 unspecified atom stereocenters. The van der Waals surface area contributed by atoms with Crippen molar-refractivity contribution in [1.82, 2.24) is 0 Å². The number of carbonyl (C=O) groups excluding carboxylic acids is 2. The second-order valence-electron chi connectivity index (χ2n) is 5.21. The van der Waals surface area contributed by atoms with Crippen molar-refractivity contribution in [3.05, 3.63) is 58.1 Å². The van der Waals surface area contributed by atoms with Crippen LogP contribution in [0, 0.1) is 0 Å². The third-order valence-electron chi connectivity index (χ3n) is 3.38. The van der Waals surface area contributed by atoms with Gasteiger partial charge in [0.15, 0.2) is 17.6 Å². The summed E-state index contributed by atoms with van der Waals surface area (Å²) in [5, 5.41) is 0. The summed E-state index contributed by atoms with van der Waals surface area (Å²) in [5.41, 5.74) is 6.30. The molecule has 0 heterocycles. The molecule has 1 amide bonds. The number of carbonyl (C=O) groups is 2. The molecule has 7 heteroatoms. The standard InChI is InChI=1S/C18H18BrNO5/c1-11(17(20)21)25-18(22)13-8-14(19)16(15(9-13)23-2)24-10-12-6-4-3-5-7-12/h3-9,11H,10H2,1-2H3,(H2,20,21)/t11-/m1/s1. The van der Waals surface area contributed by atoms with Crippen LogP contribution >= 0.6 is 15.9 Å². The quantitative estimate of drug-likeness (QED) is 0.712. The average Bonchev–Trinajstić information content (AvgIpc) is 2.60. The number of amides is 1. The number of esters is 1. The second-order valence-corrected chi connectivity index (χ2v) is 6.07. The first kappa shape index (κ1) is 18.8. The Labute approximate surface area is 154 Å². The van der Waals surface area contributed by atoms with Crippen molar-refractivity contribution < 1.29 is 23.8 Å². The zero-order valence-corrected chi connectivity index (χ0v) is 15.4. The van der Waals surface area contributed by atoms with Crippen LogP contribution in [0.25, 0.3) is 0 Å². The van der Waals surface area contributed by atoms with E-state index in [4.69, 9.17) is 19.9 Å². The molecule has 2 rings (SSSR count). The maximum Gasteiger partial charge on any atom is 0.339 e. The molecule has 2 aromatic carbocycles. The minimum absolute atomic E-state index is 0.212. The van der Waals surface area contributed by atoms with Crippen LogP contribution in [0.1, 0.15) is 22.8 Å². The molecule has 0 saturated heterocycles. The van der Waals surface area contributed by atoms with Gasteiger partial charge in [0.1, 0.15) is 6.61 Å². The predicted molar refractivity (Wildman–Crippen MR) is 95.5 cm³/mol. The predicted octanol–water partition coefficient (Wildman–Crippen LogP) is 3.07. The van der Waals surface area contributed by atoms with Gasteiger partial charge in [-0.25, -0.2) is 4.79 Å². The van der Waals surface area contributed by atoms with E-state index >= 15 is 0 Å².